The first-order valence-corrected chi connectivity index (χ1v) is 17.3. The van der Waals surface area contributed by atoms with Gasteiger partial charge in [-0.15, -0.1) is 0 Å². The Labute approximate surface area is 274 Å². The van der Waals surface area contributed by atoms with E-state index in [1.165, 1.54) is 0 Å². The standard InChI is InChI=1S/C35H54N6O5/c1-23(2)32-37-34(46-38-32)39-15-11-26(12-16-39)24(3)13-17-44-28-18-25(4)33(36-20-28)40-21-27(19-31(43)45-35(5,6)7)29(22-40)41-14-9-8-10-30(41)42/h18,20,23-24,26-27,29H,8-17,19,21-22H2,1-7H3/t24-,27+,29+/m1/s1. The Morgan fingerprint density at radius 1 is 1.09 bits per heavy atom. The molecule has 2 aromatic heterocycles. The van der Waals surface area contributed by atoms with Crippen LogP contribution >= 0.6 is 0 Å². The fourth-order valence-corrected chi connectivity index (χ4v) is 7.15. The zero-order valence-corrected chi connectivity index (χ0v) is 29.0. The minimum absolute atomic E-state index is 0.00750. The van der Waals surface area contributed by atoms with Crippen LogP contribution in [0.15, 0.2) is 16.8 Å². The molecule has 0 N–H and O–H groups in total. The molecule has 2 aromatic rings. The number of amides is 1. The highest BCUT2D eigenvalue weighted by Gasteiger charge is 2.41. The fourth-order valence-electron chi connectivity index (χ4n) is 7.15. The molecule has 0 unspecified atom stereocenters. The van der Waals surface area contributed by atoms with Crippen molar-refractivity contribution < 1.29 is 23.6 Å². The van der Waals surface area contributed by atoms with Crippen molar-refractivity contribution in [3.05, 3.63) is 23.7 Å². The first-order chi connectivity index (χ1) is 21.9. The van der Waals surface area contributed by atoms with Gasteiger partial charge in [-0.3, -0.25) is 9.59 Å². The minimum atomic E-state index is -0.539. The van der Waals surface area contributed by atoms with Gasteiger partial charge < -0.3 is 28.7 Å². The molecule has 3 aliphatic rings. The summed E-state index contributed by atoms with van der Waals surface area (Å²) in [5.41, 5.74) is 0.490. The average Bonchev–Trinajstić information content (AvgIpc) is 3.65. The van der Waals surface area contributed by atoms with Gasteiger partial charge in [-0.25, -0.2) is 4.98 Å². The van der Waals surface area contributed by atoms with Gasteiger partial charge in [0, 0.05) is 51.0 Å². The van der Waals surface area contributed by atoms with Gasteiger partial charge in [-0.05, 0) is 83.3 Å². The number of pyridine rings is 1. The fraction of sp³-hybridized carbons (Fsp3) is 0.743. The van der Waals surface area contributed by atoms with Crippen LogP contribution in [0.4, 0.5) is 11.8 Å². The number of aryl methyl sites for hydroxylation is 1. The molecule has 1 amide bonds. The van der Waals surface area contributed by atoms with Crippen LogP contribution in [0.25, 0.3) is 0 Å². The lowest BCUT2D eigenvalue weighted by Crippen LogP contribution is -2.47. The SMILES string of the molecule is Cc1cc(OCC[C@@H](C)C2CCN(c3nc(C(C)C)no3)CC2)cnc1N1C[C@H](CC(=O)OC(C)(C)C)[C@@H](N2CCCCC2=O)C1. The quantitative estimate of drug-likeness (QED) is 0.281. The third kappa shape index (κ3) is 8.50. The molecule has 0 saturated carbocycles. The van der Waals surface area contributed by atoms with Gasteiger partial charge in [0.15, 0.2) is 5.82 Å². The van der Waals surface area contributed by atoms with Crippen molar-refractivity contribution in [3.63, 3.8) is 0 Å². The summed E-state index contributed by atoms with van der Waals surface area (Å²) in [6.07, 6.45) is 7.80. The Morgan fingerprint density at radius 2 is 1.85 bits per heavy atom. The molecule has 3 fully saturated rings. The molecule has 0 bridgehead atoms. The second kappa shape index (κ2) is 14.6. The molecular formula is C35H54N6O5. The van der Waals surface area contributed by atoms with E-state index < -0.39 is 5.60 Å². The van der Waals surface area contributed by atoms with Gasteiger partial charge in [0.1, 0.15) is 17.2 Å². The molecule has 0 aliphatic carbocycles. The van der Waals surface area contributed by atoms with E-state index in [0.717, 1.165) is 74.7 Å². The largest absolute Gasteiger partial charge is 0.492 e. The van der Waals surface area contributed by atoms with Crippen molar-refractivity contribution in [1.82, 2.24) is 20.0 Å². The van der Waals surface area contributed by atoms with Crippen LogP contribution in [0.2, 0.25) is 0 Å². The first-order valence-electron chi connectivity index (χ1n) is 17.3. The molecule has 0 aromatic carbocycles. The molecule has 11 nitrogen and oxygen atoms in total. The second-order valence-corrected chi connectivity index (χ2v) is 14.9. The number of piperidine rings is 2. The lowest BCUT2D eigenvalue weighted by molar-refractivity contribution is -0.157. The Morgan fingerprint density at radius 3 is 2.50 bits per heavy atom. The van der Waals surface area contributed by atoms with E-state index in [-0.39, 0.29) is 36.2 Å². The third-order valence-electron chi connectivity index (χ3n) is 9.74. The first kappa shape index (κ1) is 34.0. The van der Waals surface area contributed by atoms with Crippen LogP contribution in [0, 0.1) is 24.7 Å². The van der Waals surface area contributed by atoms with Gasteiger partial charge in [-0.2, -0.15) is 4.98 Å². The number of hydrogen-bond acceptors (Lipinski definition) is 10. The van der Waals surface area contributed by atoms with Gasteiger partial charge in [0.25, 0.3) is 0 Å². The molecule has 3 atom stereocenters. The summed E-state index contributed by atoms with van der Waals surface area (Å²) in [5, 5.41) is 4.11. The summed E-state index contributed by atoms with van der Waals surface area (Å²) in [4.78, 5) is 41.6. The third-order valence-corrected chi connectivity index (χ3v) is 9.74. The highest BCUT2D eigenvalue weighted by molar-refractivity contribution is 5.78. The van der Waals surface area contributed by atoms with Crippen molar-refractivity contribution in [2.75, 3.05) is 49.1 Å². The Bertz CT molecular complexity index is 1330. The van der Waals surface area contributed by atoms with E-state index in [1.807, 2.05) is 31.9 Å². The predicted octanol–water partition coefficient (Wildman–Crippen LogP) is 5.77. The number of aromatic nitrogens is 3. The van der Waals surface area contributed by atoms with Gasteiger partial charge in [-0.1, -0.05) is 25.9 Å². The van der Waals surface area contributed by atoms with Crippen molar-refractivity contribution in [1.29, 1.82) is 0 Å². The summed E-state index contributed by atoms with van der Waals surface area (Å²) in [5.74, 6) is 3.83. The van der Waals surface area contributed by atoms with E-state index in [4.69, 9.17) is 19.0 Å². The number of anilines is 2. The van der Waals surface area contributed by atoms with Crippen LogP contribution in [0.3, 0.4) is 0 Å². The summed E-state index contributed by atoms with van der Waals surface area (Å²) in [6.45, 7) is 18.8. The molecule has 3 saturated heterocycles. The number of rotatable bonds is 11. The molecular weight excluding hydrogens is 584 g/mol. The molecule has 0 spiro atoms. The van der Waals surface area contributed by atoms with E-state index >= 15 is 0 Å². The lowest BCUT2D eigenvalue weighted by Gasteiger charge is -2.35. The molecule has 3 aliphatic heterocycles. The van der Waals surface area contributed by atoms with E-state index in [9.17, 15) is 9.59 Å². The zero-order valence-electron chi connectivity index (χ0n) is 29.0. The number of esters is 1. The van der Waals surface area contributed by atoms with E-state index in [1.54, 1.807) is 0 Å². The number of likely N-dealkylation sites (tertiary alicyclic amines) is 1. The van der Waals surface area contributed by atoms with Crippen molar-refractivity contribution in [2.24, 2.45) is 17.8 Å². The van der Waals surface area contributed by atoms with E-state index in [2.05, 4.69) is 53.7 Å². The monoisotopic (exact) mass is 638 g/mol. The summed E-state index contributed by atoms with van der Waals surface area (Å²) in [6, 6.07) is 2.67. The number of hydrogen-bond donors (Lipinski definition) is 0. The van der Waals surface area contributed by atoms with Gasteiger partial charge in [0.05, 0.1) is 25.3 Å². The van der Waals surface area contributed by atoms with Crippen LogP contribution in [-0.2, 0) is 14.3 Å². The maximum atomic E-state index is 12.9. The van der Waals surface area contributed by atoms with Gasteiger partial charge >= 0.3 is 12.0 Å². The minimum Gasteiger partial charge on any atom is -0.492 e. The van der Waals surface area contributed by atoms with Gasteiger partial charge in [0.2, 0.25) is 5.91 Å². The Hall–Kier alpha value is -3.37. The normalized spacial score (nSPS) is 22.1. The molecule has 5 rings (SSSR count). The molecule has 11 heteroatoms. The van der Waals surface area contributed by atoms with Crippen LogP contribution in [0.1, 0.15) is 104 Å². The number of ether oxygens (including phenoxy) is 2. The van der Waals surface area contributed by atoms with Crippen LogP contribution < -0.4 is 14.5 Å². The lowest BCUT2D eigenvalue weighted by atomic mass is 9.84. The van der Waals surface area contributed by atoms with Crippen molar-refractivity contribution in [2.45, 2.75) is 111 Å². The molecule has 46 heavy (non-hydrogen) atoms. The Kier molecular flexibility index (Phi) is 10.8. The average molecular weight is 639 g/mol. The number of nitrogens with zero attached hydrogens (tertiary/aromatic N) is 6. The topological polar surface area (TPSA) is 114 Å². The zero-order chi connectivity index (χ0) is 33.0. The van der Waals surface area contributed by atoms with Crippen molar-refractivity contribution >= 4 is 23.7 Å². The highest BCUT2D eigenvalue weighted by atomic mass is 16.6. The van der Waals surface area contributed by atoms with Crippen LogP contribution in [0.5, 0.6) is 5.75 Å². The number of carbonyl (C=O) groups excluding carboxylic acids is 2. The molecule has 254 valence electrons. The Balaban J connectivity index is 1.13. The summed E-state index contributed by atoms with van der Waals surface area (Å²) in [7, 11) is 0. The molecule has 5 heterocycles. The highest BCUT2D eigenvalue weighted by Crippen LogP contribution is 2.34. The van der Waals surface area contributed by atoms with E-state index in [0.29, 0.717) is 44.0 Å². The number of carbonyl (C=O) groups is 2. The summed E-state index contributed by atoms with van der Waals surface area (Å²) < 4.78 is 17.4. The smallest absolute Gasteiger partial charge is 0.324 e. The maximum Gasteiger partial charge on any atom is 0.324 e. The predicted molar refractivity (Wildman–Crippen MR) is 177 cm³/mol. The second-order valence-electron chi connectivity index (χ2n) is 14.9. The molecule has 0 radical (unpaired) electrons. The summed E-state index contributed by atoms with van der Waals surface area (Å²) >= 11 is 0. The van der Waals surface area contributed by atoms with Crippen LogP contribution in [-0.4, -0.2) is 82.9 Å². The maximum absolute atomic E-state index is 12.9. The van der Waals surface area contributed by atoms with Crippen molar-refractivity contribution in [3.8, 4) is 5.75 Å².